The molecule has 0 bridgehead atoms. The van der Waals surface area contributed by atoms with Gasteiger partial charge in [-0.2, -0.15) is 0 Å². The molecule has 3 heteroatoms. The SMILES string of the molecule is CN(C)C.[NaH].[SnH2]. The van der Waals surface area contributed by atoms with Crippen LogP contribution in [-0.4, -0.2) is 79.5 Å². The van der Waals surface area contributed by atoms with Gasteiger partial charge in [0.15, 0.2) is 0 Å². The first-order chi connectivity index (χ1) is 1.73. The van der Waals surface area contributed by atoms with Gasteiger partial charge in [0.05, 0.1) is 0 Å². The predicted octanol–water partition coefficient (Wildman–Crippen LogP) is -1.39. The summed E-state index contributed by atoms with van der Waals surface area (Å²) in [6.07, 6.45) is 0. The van der Waals surface area contributed by atoms with E-state index in [1.165, 1.54) is 0 Å². The third-order valence-corrected chi connectivity index (χ3v) is 0. The van der Waals surface area contributed by atoms with Crippen molar-refractivity contribution in [3.05, 3.63) is 0 Å². The molecule has 1 nitrogen and oxygen atoms in total. The number of hydrogen-bond acceptors (Lipinski definition) is 1. The fraction of sp³-hybridized carbons (Fsp3) is 1.00. The van der Waals surface area contributed by atoms with Gasteiger partial charge in [0.1, 0.15) is 0 Å². The Morgan fingerprint density at radius 1 is 1.00 bits per heavy atom. The molecule has 6 heavy (non-hydrogen) atoms. The molecular formula is C3H12NNaSn. The Labute approximate surface area is 78.7 Å². The molecule has 0 aliphatic heterocycles. The fourth-order valence-electron chi connectivity index (χ4n) is 0. The van der Waals surface area contributed by atoms with E-state index >= 15 is 0 Å². The van der Waals surface area contributed by atoms with Crippen molar-refractivity contribution in [3.63, 3.8) is 0 Å². The number of nitrogens with zero attached hydrogens (tertiary/aromatic N) is 1. The van der Waals surface area contributed by atoms with Gasteiger partial charge in [0, 0.05) is 0 Å². The summed E-state index contributed by atoms with van der Waals surface area (Å²) in [6, 6.07) is 0. The van der Waals surface area contributed by atoms with E-state index in [4.69, 9.17) is 0 Å². The van der Waals surface area contributed by atoms with Crippen molar-refractivity contribution < 1.29 is 0 Å². The van der Waals surface area contributed by atoms with Crippen LogP contribution < -0.4 is 0 Å². The first kappa shape index (κ1) is 15.7. The second kappa shape index (κ2) is 9.90. The zero-order valence-corrected chi connectivity index (χ0v) is 8.19. The van der Waals surface area contributed by atoms with Crippen molar-refractivity contribution >= 4 is 53.5 Å². The molecule has 0 aromatic heterocycles. The molecule has 0 atom stereocenters. The minimum absolute atomic E-state index is 0. The first-order valence-corrected chi connectivity index (χ1v) is 1.34. The van der Waals surface area contributed by atoms with Crippen LogP contribution in [0.15, 0.2) is 0 Å². The number of rotatable bonds is 0. The Hall–Kier alpha value is 1.76. The first-order valence-electron chi connectivity index (χ1n) is 1.34. The zero-order chi connectivity index (χ0) is 3.58. The summed E-state index contributed by atoms with van der Waals surface area (Å²) in [7, 11) is 6.00. The molecule has 0 aliphatic carbocycles. The van der Waals surface area contributed by atoms with Crippen molar-refractivity contribution in [1.82, 2.24) is 4.90 Å². The van der Waals surface area contributed by atoms with E-state index in [1.54, 1.807) is 0 Å². The summed E-state index contributed by atoms with van der Waals surface area (Å²) in [5.41, 5.74) is 0. The van der Waals surface area contributed by atoms with E-state index in [0.29, 0.717) is 0 Å². The van der Waals surface area contributed by atoms with Gasteiger partial charge in [-0.15, -0.1) is 0 Å². The van der Waals surface area contributed by atoms with Crippen molar-refractivity contribution in [3.8, 4) is 0 Å². The van der Waals surface area contributed by atoms with Crippen LogP contribution in [0.2, 0.25) is 0 Å². The van der Waals surface area contributed by atoms with Gasteiger partial charge >= 0.3 is 53.5 Å². The van der Waals surface area contributed by atoms with E-state index < -0.39 is 0 Å². The molecule has 0 amide bonds. The van der Waals surface area contributed by atoms with Gasteiger partial charge in [-0.05, 0) is 21.1 Å². The maximum atomic E-state index is 2.00. The molecule has 0 saturated carbocycles. The van der Waals surface area contributed by atoms with Crippen LogP contribution in [0.3, 0.4) is 0 Å². The summed E-state index contributed by atoms with van der Waals surface area (Å²) in [4.78, 5) is 2.00. The Bertz CT molecular complexity index is 15.5. The van der Waals surface area contributed by atoms with E-state index in [0.717, 1.165) is 0 Å². The monoisotopic (exact) mass is 205 g/mol. The molecule has 0 unspecified atom stereocenters. The molecule has 0 spiro atoms. The predicted molar refractivity (Wildman–Crippen MR) is 35.3 cm³/mol. The molecule has 2 radical (unpaired) electrons. The molecular weight excluding hydrogens is 192 g/mol. The minimum atomic E-state index is 0. The Kier molecular flexibility index (Phi) is 25.8. The van der Waals surface area contributed by atoms with Crippen molar-refractivity contribution in [2.24, 2.45) is 0 Å². The topological polar surface area (TPSA) is 3.24 Å². The van der Waals surface area contributed by atoms with Gasteiger partial charge < -0.3 is 4.90 Å². The molecule has 0 aromatic carbocycles. The summed E-state index contributed by atoms with van der Waals surface area (Å²) in [5.74, 6) is 0. The normalized spacial score (nSPS) is 6.00. The Balaban J connectivity index is -0.0000000450. The summed E-state index contributed by atoms with van der Waals surface area (Å²) >= 11 is 0. The Morgan fingerprint density at radius 2 is 1.00 bits per heavy atom. The second-order valence-electron chi connectivity index (χ2n) is 1.34. The molecule has 0 saturated heterocycles. The third-order valence-electron chi connectivity index (χ3n) is 0. The van der Waals surface area contributed by atoms with Crippen molar-refractivity contribution in [2.45, 2.75) is 0 Å². The van der Waals surface area contributed by atoms with Gasteiger partial charge in [-0.3, -0.25) is 0 Å². The summed E-state index contributed by atoms with van der Waals surface area (Å²) in [5, 5.41) is 0. The molecule has 0 aliphatic rings. The van der Waals surface area contributed by atoms with E-state index in [9.17, 15) is 0 Å². The van der Waals surface area contributed by atoms with Gasteiger partial charge in [-0.1, -0.05) is 0 Å². The molecule has 0 heterocycles. The van der Waals surface area contributed by atoms with Crippen LogP contribution in [0.4, 0.5) is 0 Å². The molecule has 0 rings (SSSR count). The van der Waals surface area contributed by atoms with Gasteiger partial charge in [0.2, 0.25) is 0 Å². The zero-order valence-electron chi connectivity index (χ0n) is 4.15. The van der Waals surface area contributed by atoms with Gasteiger partial charge in [0.25, 0.3) is 0 Å². The number of hydrogen-bond donors (Lipinski definition) is 0. The fourth-order valence-corrected chi connectivity index (χ4v) is 0. The van der Waals surface area contributed by atoms with Crippen LogP contribution in [0.1, 0.15) is 0 Å². The Morgan fingerprint density at radius 3 is 1.00 bits per heavy atom. The molecule has 0 fully saturated rings. The van der Waals surface area contributed by atoms with E-state index in [-0.39, 0.29) is 53.5 Å². The summed E-state index contributed by atoms with van der Waals surface area (Å²) < 4.78 is 0. The average molecular weight is 204 g/mol. The molecule has 0 N–H and O–H groups in total. The molecule has 0 aromatic rings. The quantitative estimate of drug-likeness (QED) is 0.439. The van der Waals surface area contributed by atoms with Crippen molar-refractivity contribution in [1.29, 1.82) is 0 Å². The van der Waals surface area contributed by atoms with Crippen LogP contribution in [0, 0.1) is 0 Å². The standard InChI is InChI=1S/C3H9N.Na.Sn.3H/c1-4(2)3;;;;;/h1-3H3;;;;;. The maximum absolute atomic E-state index is 2.00. The third kappa shape index (κ3) is 42.2. The molecule has 34 valence electrons. The van der Waals surface area contributed by atoms with Crippen LogP contribution >= 0.6 is 0 Å². The van der Waals surface area contributed by atoms with Gasteiger partial charge in [-0.25, -0.2) is 0 Å². The van der Waals surface area contributed by atoms with Crippen LogP contribution in [0.25, 0.3) is 0 Å². The van der Waals surface area contributed by atoms with E-state index in [1.807, 2.05) is 26.0 Å². The van der Waals surface area contributed by atoms with Crippen molar-refractivity contribution in [2.75, 3.05) is 21.1 Å². The average Bonchev–Trinajstić information content (AvgIpc) is 0.811. The second-order valence-corrected chi connectivity index (χ2v) is 1.34. The van der Waals surface area contributed by atoms with E-state index in [2.05, 4.69) is 0 Å². The van der Waals surface area contributed by atoms with Crippen LogP contribution in [-0.2, 0) is 0 Å². The summed E-state index contributed by atoms with van der Waals surface area (Å²) in [6.45, 7) is 0. The van der Waals surface area contributed by atoms with Crippen LogP contribution in [0.5, 0.6) is 0 Å².